The number of fused-ring (bicyclic) bond motifs is 1. The molecule has 31 heavy (non-hydrogen) atoms. The van der Waals surface area contributed by atoms with Crippen LogP contribution in [0.1, 0.15) is 36.2 Å². The van der Waals surface area contributed by atoms with Gasteiger partial charge in [-0.1, -0.05) is 25.1 Å². The molecule has 2 N–H and O–H groups in total. The molecule has 0 fully saturated rings. The van der Waals surface area contributed by atoms with Gasteiger partial charge in [0.05, 0.1) is 29.7 Å². The van der Waals surface area contributed by atoms with Crippen molar-refractivity contribution in [3.05, 3.63) is 53.6 Å². The molecule has 0 bridgehead atoms. The predicted octanol–water partition coefficient (Wildman–Crippen LogP) is 2.69. The molecule has 2 atom stereocenters. The largest absolute Gasteiger partial charge is 0.476 e. The number of carbonyl (C=O) groups is 2. The van der Waals surface area contributed by atoms with Crippen LogP contribution in [0.3, 0.4) is 0 Å². The Balaban J connectivity index is 1.85. The highest BCUT2D eigenvalue weighted by Crippen LogP contribution is 2.36. The van der Waals surface area contributed by atoms with Crippen molar-refractivity contribution in [2.24, 2.45) is 0 Å². The van der Waals surface area contributed by atoms with Crippen LogP contribution >= 0.6 is 0 Å². The minimum absolute atomic E-state index is 0.0128. The third-order valence-corrected chi connectivity index (χ3v) is 6.24. The number of ether oxygens (including phenoxy) is 1. The number of amides is 2. The molecule has 3 rings (SSSR count). The minimum atomic E-state index is -3.62. The molecule has 2 unspecified atom stereocenters. The van der Waals surface area contributed by atoms with E-state index in [4.69, 9.17) is 4.74 Å². The van der Waals surface area contributed by atoms with Gasteiger partial charge in [0, 0.05) is 6.04 Å². The van der Waals surface area contributed by atoms with E-state index in [1.807, 2.05) is 20.8 Å². The lowest BCUT2D eigenvalue weighted by molar-refractivity contribution is -0.122. The maximum absolute atomic E-state index is 13.0. The topological polar surface area (TPSA) is 105 Å². The monoisotopic (exact) mass is 445 g/mol. The third kappa shape index (κ3) is 5.16. The summed E-state index contributed by atoms with van der Waals surface area (Å²) in [6.45, 7) is 5.54. The fraction of sp³-hybridized carbons (Fsp3) is 0.364. The van der Waals surface area contributed by atoms with Gasteiger partial charge in [0.15, 0.2) is 6.10 Å². The number of nitrogens with one attached hydrogen (secondary N) is 2. The zero-order valence-corrected chi connectivity index (χ0v) is 18.8. The standard InChI is InChI=1S/C22H27N3O5S/c1-5-15(3)23-21(26)16-8-6-7-9-17(16)24-22(27)20-13-25(31(4,28)29)18-12-14(2)10-11-19(18)30-20/h6-12,15,20H,5,13H2,1-4H3,(H,23,26)(H,24,27). The molecule has 1 heterocycles. The molecular formula is C22H27N3O5S. The summed E-state index contributed by atoms with van der Waals surface area (Å²) in [5.41, 5.74) is 1.93. The van der Waals surface area contributed by atoms with Gasteiger partial charge in [0.2, 0.25) is 10.0 Å². The van der Waals surface area contributed by atoms with Crippen molar-refractivity contribution >= 4 is 33.2 Å². The molecule has 1 aliphatic heterocycles. The number of sulfonamides is 1. The van der Waals surface area contributed by atoms with Gasteiger partial charge in [-0.3, -0.25) is 13.9 Å². The summed E-state index contributed by atoms with van der Waals surface area (Å²) in [4.78, 5) is 25.6. The van der Waals surface area contributed by atoms with Gasteiger partial charge in [-0.25, -0.2) is 8.42 Å². The number of hydrogen-bond acceptors (Lipinski definition) is 5. The van der Waals surface area contributed by atoms with Gasteiger partial charge in [0.25, 0.3) is 11.8 Å². The Labute approximate surface area is 182 Å². The number of carbonyl (C=O) groups excluding carboxylic acids is 2. The molecule has 2 amide bonds. The number of benzene rings is 2. The summed E-state index contributed by atoms with van der Waals surface area (Å²) < 4.78 is 31.7. The van der Waals surface area contributed by atoms with E-state index in [0.717, 1.165) is 18.2 Å². The van der Waals surface area contributed by atoms with Crippen LogP contribution in [-0.2, 0) is 14.8 Å². The van der Waals surface area contributed by atoms with Crippen LogP contribution in [-0.4, -0.2) is 45.2 Å². The second kappa shape index (κ2) is 8.97. The molecule has 2 aromatic carbocycles. The van der Waals surface area contributed by atoms with E-state index in [1.165, 1.54) is 4.31 Å². The SMILES string of the molecule is CCC(C)NC(=O)c1ccccc1NC(=O)C1CN(S(C)(=O)=O)c2cc(C)ccc2O1. The molecule has 1 aliphatic rings. The van der Waals surface area contributed by atoms with E-state index < -0.39 is 22.0 Å². The highest BCUT2D eigenvalue weighted by Gasteiger charge is 2.35. The van der Waals surface area contributed by atoms with Gasteiger partial charge in [-0.05, 0) is 50.1 Å². The highest BCUT2D eigenvalue weighted by atomic mass is 32.2. The molecule has 0 aliphatic carbocycles. The van der Waals surface area contributed by atoms with Crippen LogP contribution in [0.2, 0.25) is 0 Å². The van der Waals surface area contributed by atoms with Crippen molar-refractivity contribution in [1.82, 2.24) is 5.32 Å². The quantitative estimate of drug-likeness (QED) is 0.711. The Hall–Kier alpha value is -3.07. The fourth-order valence-electron chi connectivity index (χ4n) is 3.22. The van der Waals surface area contributed by atoms with Crippen LogP contribution < -0.4 is 19.7 Å². The number of anilines is 2. The lowest BCUT2D eigenvalue weighted by Crippen LogP contribution is -2.48. The Bertz CT molecular complexity index is 1100. The fourth-order valence-corrected chi connectivity index (χ4v) is 4.13. The first-order valence-corrected chi connectivity index (χ1v) is 11.9. The summed E-state index contributed by atoms with van der Waals surface area (Å²) in [7, 11) is -3.62. The summed E-state index contributed by atoms with van der Waals surface area (Å²) >= 11 is 0. The maximum Gasteiger partial charge on any atom is 0.267 e. The highest BCUT2D eigenvalue weighted by molar-refractivity contribution is 7.92. The number of aryl methyl sites for hydroxylation is 1. The van der Waals surface area contributed by atoms with E-state index in [0.29, 0.717) is 22.7 Å². The lowest BCUT2D eigenvalue weighted by Gasteiger charge is -2.34. The predicted molar refractivity (Wildman–Crippen MR) is 120 cm³/mol. The molecule has 2 aromatic rings. The van der Waals surface area contributed by atoms with Gasteiger partial charge in [-0.2, -0.15) is 0 Å². The number of hydrogen-bond donors (Lipinski definition) is 2. The molecular weight excluding hydrogens is 418 g/mol. The first-order valence-electron chi connectivity index (χ1n) is 10.1. The molecule has 166 valence electrons. The molecule has 0 saturated carbocycles. The Morgan fingerprint density at radius 2 is 1.94 bits per heavy atom. The van der Waals surface area contributed by atoms with Gasteiger partial charge in [0.1, 0.15) is 5.75 Å². The van der Waals surface area contributed by atoms with Crippen molar-refractivity contribution < 1.29 is 22.7 Å². The molecule has 0 radical (unpaired) electrons. The van der Waals surface area contributed by atoms with E-state index in [-0.39, 0.29) is 18.5 Å². The maximum atomic E-state index is 13.0. The first-order chi connectivity index (χ1) is 14.6. The summed E-state index contributed by atoms with van der Waals surface area (Å²) in [5, 5.41) is 5.60. The van der Waals surface area contributed by atoms with E-state index in [9.17, 15) is 18.0 Å². The van der Waals surface area contributed by atoms with Crippen molar-refractivity contribution in [3.63, 3.8) is 0 Å². The van der Waals surface area contributed by atoms with Crippen molar-refractivity contribution in [2.45, 2.75) is 39.3 Å². The lowest BCUT2D eigenvalue weighted by atomic mass is 10.1. The van der Waals surface area contributed by atoms with Crippen LogP contribution in [0.5, 0.6) is 5.75 Å². The summed E-state index contributed by atoms with van der Waals surface area (Å²) in [6.07, 6.45) is 0.792. The molecule has 0 aromatic heterocycles. The van der Waals surface area contributed by atoms with Gasteiger partial charge < -0.3 is 15.4 Å². The van der Waals surface area contributed by atoms with E-state index >= 15 is 0 Å². The second-order valence-corrected chi connectivity index (χ2v) is 9.60. The number of nitrogens with zero attached hydrogens (tertiary/aromatic N) is 1. The van der Waals surface area contributed by atoms with E-state index in [1.54, 1.807) is 42.5 Å². The van der Waals surface area contributed by atoms with Gasteiger partial charge >= 0.3 is 0 Å². The smallest absolute Gasteiger partial charge is 0.267 e. The average Bonchev–Trinajstić information content (AvgIpc) is 2.72. The van der Waals surface area contributed by atoms with Crippen LogP contribution in [0.25, 0.3) is 0 Å². The van der Waals surface area contributed by atoms with Crippen molar-refractivity contribution in [2.75, 3.05) is 22.4 Å². The van der Waals surface area contributed by atoms with Gasteiger partial charge in [-0.15, -0.1) is 0 Å². The molecule has 8 nitrogen and oxygen atoms in total. The van der Waals surface area contributed by atoms with E-state index in [2.05, 4.69) is 10.6 Å². The minimum Gasteiger partial charge on any atom is -0.476 e. The van der Waals surface area contributed by atoms with Crippen molar-refractivity contribution in [1.29, 1.82) is 0 Å². The van der Waals surface area contributed by atoms with Crippen LogP contribution in [0.4, 0.5) is 11.4 Å². The molecule has 9 heteroatoms. The third-order valence-electron chi connectivity index (χ3n) is 5.10. The molecule has 0 spiro atoms. The zero-order valence-electron chi connectivity index (χ0n) is 18.0. The second-order valence-electron chi connectivity index (χ2n) is 7.69. The summed E-state index contributed by atoms with van der Waals surface area (Å²) in [5.74, 6) is -0.526. The molecule has 0 saturated heterocycles. The summed E-state index contributed by atoms with van der Waals surface area (Å²) in [6, 6.07) is 11.8. The Kier molecular flexibility index (Phi) is 6.54. The normalized spacial score (nSPS) is 16.6. The Morgan fingerprint density at radius 1 is 1.23 bits per heavy atom. The number of para-hydroxylation sites is 1. The number of rotatable bonds is 6. The zero-order chi connectivity index (χ0) is 22.8. The van der Waals surface area contributed by atoms with Crippen LogP contribution in [0, 0.1) is 6.92 Å². The average molecular weight is 446 g/mol. The van der Waals surface area contributed by atoms with Crippen molar-refractivity contribution in [3.8, 4) is 5.75 Å². The first kappa shape index (κ1) is 22.6. The Morgan fingerprint density at radius 3 is 2.61 bits per heavy atom. The van der Waals surface area contributed by atoms with Crippen LogP contribution in [0.15, 0.2) is 42.5 Å².